The summed E-state index contributed by atoms with van der Waals surface area (Å²) in [5.74, 6) is 0. The van der Waals surface area contributed by atoms with Gasteiger partial charge >= 0.3 is 0 Å². The Morgan fingerprint density at radius 3 is 2.46 bits per heavy atom. The van der Waals surface area contributed by atoms with Gasteiger partial charge in [-0.25, -0.2) is 0 Å². The van der Waals surface area contributed by atoms with Crippen molar-refractivity contribution in [3.63, 3.8) is 0 Å². The molecule has 1 atom stereocenters. The number of anilines is 1. The van der Waals surface area contributed by atoms with Crippen LogP contribution < -0.4 is 5.73 Å². The zero-order chi connectivity index (χ0) is 10.0. The van der Waals surface area contributed by atoms with Crippen molar-refractivity contribution in [2.45, 2.75) is 30.9 Å². The smallest absolute Gasteiger partial charge is 0.0620 e. The lowest BCUT2D eigenvalue weighted by Gasteiger charge is -2.08. The van der Waals surface area contributed by atoms with E-state index in [9.17, 15) is 4.21 Å². The molecule has 0 spiro atoms. The molecule has 0 aliphatic rings. The van der Waals surface area contributed by atoms with Crippen LogP contribution in [0.2, 0.25) is 0 Å². The number of nitrogen functional groups attached to an aromatic ring is 1. The van der Waals surface area contributed by atoms with Crippen LogP contribution in [-0.2, 0) is 10.8 Å². The molecule has 13 heavy (non-hydrogen) atoms. The molecule has 0 aliphatic carbocycles. The van der Waals surface area contributed by atoms with Gasteiger partial charge in [0, 0.05) is 10.9 Å². The van der Waals surface area contributed by atoms with E-state index in [4.69, 9.17) is 5.73 Å². The fraction of sp³-hybridized carbons (Fsp3) is 0.400. The van der Waals surface area contributed by atoms with Gasteiger partial charge in [0.05, 0.1) is 15.7 Å². The number of rotatable bonds is 2. The Morgan fingerprint density at radius 1 is 1.38 bits per heavy atom. The Bertz CT molecular complexity index is 334. The van der Waals surface area contributed by atoms with Crippen LogP contribution in [0.4, 0.5) is 5.69 Å². The lowest BCUT2D eigenvalue weighted by atomic mass is 10.2. The van der Waals surface area contributed by atoms with Gasteiger partial charge in [0.25, 0.3) is 0 Å². The van der Waals surface area contributed by atoms with Gasteiger partial charge in [-0.15, -0.1) is 0 Å². The van der Waals surface area contributed by atoms with Crippen molar-refractivity contribution in [2.24, 2.45) is 0 Å². The molecule has 0 aromatic heterocycles. The lowest BCUT2D eigenvalue weighted by molar-refractivity contribution is 0.677. The van der Waals surface area contributed by atoms with E-state index in [0.29, 0.717) is 5.69 Å². The van der Waals surface area contributed by atoms with E-state index in [0.717, 1.165) is 10.5 Å². The summed E-state index contributed by atoms with van der Waals surface area (Å²) >= 11 is 0. The minimum absolute atomic E-state index is 0.116. The first-order valence-electron chi connectivity index (χ1n) is 4.29. The third-order valence-corrected chi connectivity index (χ3v) is 3.47. The topological polar surface area (TPSA) is 43.1 Å². The molecular formula is C10H15NOS. The molecule has 1 aromatic carbocycles. The third-order valence-electron chi connectivity index (χ3n) is 1.81. The predicted molar refractivity (Wildman–Crippen MR) is 57.1 cm³/mol. The van der Waals surface area contributed by atoms with Crippen molar-refractivity contribution >= 4 is 16.5 Å². The molecule has 72 valence electrons. The Hall–Kier alpha value is -0.830. The standard InChI is InChI=1S/C10H15NOS/c1-7(2)13(12)10-5-4-8(3)6-9(10)11/h4-7H,11H2,1-3H3. The largest absolute Gasteiger partial charge is 0.398 e. The molecule has 1 unspecified atom stereocenters. The predicted octanol–water partition coefficient (Wildman–Crippen LogP) is 2.09. The van der Waals surface area contributed by atoms with E-state index in [-0.39, 0.29) is 5.25 Å². The van der Waals surface area contributed by atoms with Gasteiger partial charge < -0.3 is 5.73 Å². The van der Waals surface area contributed by atoms with Gasteiger partial charge in [-0.05, 0) is 24.6 Å². The van der Waals surface area contributed by atoms with E-state index < -0.39 is 10.8 Å². The van der Waals surface area contributed by atoms with Gasteiger partial charge in [0.1, 0.15) is 0 Å². The van der Waals surface area contributed by atoms with Crippen LogP contribution in [0.1, 0.15) is 19.4 Å². The van der Waals surface area contributed by atoms with E-state index in [2.05, 4.69) is 0 Å². The minimum atomic E-state index is -0.980. The van der Waals surface area contributed by atoms with Crippen molar-refractivity contribution in [1.82, 2.24) is 0 Å². The Kier molecular flexibility index (Phi) is 3.09. The molecule has 1 rings (SSSR count). The van der Waals surface area contributed by atoms with E-state index >= 15 is 0 Å². The minimum Gasteiger partial charge on any atom is -0.398 e. The number of hydrogen-bond acceptors (Lipinski definition) is 2. The summed E-state index contributed by atoms with van der Waals surface area (Å²) in [5, 5.41) is 0.116. The molecule has 1 aromatic rings. The molecule has 0 radical (unpaired) electrons. The van der Waals surface area contributed by atoms with Crippen LogP contribution in [-0.4, -0.2) is 9.46 Å². The van der Waals surface area contributed by atoms with Crippen molar-refractivity contribution in [3.8, 4) is 0 Å². The highest BCUT2D eigenvalue weighted by molar-refractivity contribution is 7.85. The van der Waals surface area contributed by atoms with E-state index in [1.54, 1.807) is 0 Å². The number of benzene rings is 1. The van der Waals surface area contributed by atoms with Crippen LogP contribution >= 0.6 is 0 Å². The summed E-state index contributed by atoms with van der Waals surface area (Å²) in [5.41, 5.74) is 7.50. The quantitative estimate of drug-likeness (QED) is 0.738. The number of aryl methyl sites for hydroxylation is 1. The molecule has 2 N–H and O–H groups in total. The van der Waals surface area contributed by atoms with Gasteiger partial charge in [-0.2, -0.15) is 0 Å². The first kappa shape index (κ1) is 10.3. The first-order chi connectivity index (χ1) is 6.02. The van der Waals surface area contributed by atoms with Crippen molar-refractivity contribution in [1.29, 1.82) is 0 Å². The molecular weight excluding hydrogens is 182 g/mol. The number of nitrogens with two attached hydrogens (primary N) is 1. The maximum absolute atomic E-state index is 11.7. The molecule has 0 bridgehead atoms. The van der Waals surface area contributed by atoms with Crippen LogP contribution in [0.3, 0.4) is 0 Å². The van der Waals surface area contributed by atoms with Crippen LogP contribution in [0.15, 0.2) is 23.1 Å². The van der Waals surface area contributed by atoms with Gasteiger partial charge in [-0.1, -0.05) is 19.9 Å². The fourth-order valence-corrected chi connectivity index (χ4v) is 2.11. The second-order valence-electron chi connectivity index (χ2n) is 3.39. The Morgan fingerprint density at radius 2 is 2.00 bits per heavy atom. The SMILES string of the molecule is Cc1ccc(S(=O)C(C)C)c(N)c1. The summed E-state index contributed by atoms with van der Waals surface area (Å²) in [4.78, 5) is 0.751. The molecule has 0 amide bonds. The monoisotopic (exact) mass is 197 g/mol. The third kappa shape index (κ3) is 2.31. The average Bonchev–Trinajstić information content (AvgIpc) is 2.03. The van der Waals surface area contributed by atoms with Crippen LogP contribution in [0, 0.1) is 6.92 Å². The molecule has 0 saturated heterocycles. The second kappa shape index (κ2) is 3.92. The first-order valence-corrected chi connectivity index (χ1v) is 5.50. The maximum atomic E-state index is 11.7. The van der Waals surface area contributed by atoms with Crippen molar-refractivity contribution < 1.29 is 4.21 Å². The fourth-order valence-electron chi connectivity index (χ4n) is 1.11. The normalized spacial score (nSPS) is 13.2. The summed E-state index contributed by atoms with van der Waals surface area (Å²) in [6.45, 7) is 5.82. The zero-order valence-electron chi connectivity index (χ0n) is 8.20. The Labute approximate surface area is 81.6 Å². The van der Waals surface area contributed by atoms with Crippen LogP contribution in [0.5, 0.6) is 0 Å². The lowest BCUT2D eigenvalue weighted by Crippen LogP contribution is -2.08. The molecule has 0 heterocycles. The van der Waals surface area contributed by atoms with E-state index in [1.165, 1.54) is 0 Å². The van der Waals surface area contributed by atoms with Crippen molar-refractivity contribution in [2.75, 3.05) is 5.73 Å². The summed E-state index contributed by atoms with van der Waals surface area (Å²) in [6.07, 6.45) is 0. The summed E-state index contributed by atoms with van der Waals surface area (Å²) < 4.78 is 11.7. The Balaban J connectivity index is 3.09. The molecule has 2 nitrogen and oxygen atoms in total. The molecule has 0 fully saturated rings. The van der Waals surface area contributed by atoms with Gasteiger partial charge in [0.15, 0.2) is 0 Å². The highest BCUT2D eigenvalue weighted by Gasteiger charge is 2.10. The summed E-state index contributed by atoms with van der Waals surface area (Å²) in [7, 11) is -0.980. The molecule has 0 saturated carbocycles. The van der Waals surface area contributed by atoms with Gasteiger partial charge in [-0.3, -0.25) is 4.21 Å². The second-order valence-corrected chi connectivity index (χ2v) is 5.36. The maximum Gasteiger partial charge on any atom is 0.0620 e. The van der Waals surface area contributed by atoms with Crippen molar-refractivity contribution in [3.05, 3.63) is 23.8 Å². The van der Waals surface area contributed by atoms with Crippen LogP contribution in [0.25, 0.3) is 0 Å². The summed E-state index contributed by atoms with van der Waals surface area (Å²) in [6, 6.07) is 5.64. The average molecular weight is 197 g/mol. The van der Waals surface area contributed by atoms with E-state index in [1.807, 2.05) is 39.0 Å². The highest BCUT2D eigenvalue weighted by atomic mass is 32.2. The molecule has 0 aliphatic heterocycles. The van der Waals surface area contributed by atoms with Gasteiger partial charge in [0.2, 0.25) is 0 Å². The number of hydrogen-bond donors (Lipinski definition) is 1. The molecule has 3 heteroatoms. The zero-order valence-corrected chi connectivity index (χ0v) is 9.02. The highest BCUT2D eigenvalue weighted by Crippen LogP contribution is 2.20.